The third-order valence-corrected chi connectivity index (χ3v) is 8.82. The van der Waals surface area contributed by atoms with Gasteiger partial charge < -0.3 is 35.1 Å². The Morgan fingerprint density at radius 2 is 1.70 bits per heavy atom. The molecule has 3 N–H and O–H groups in total. The Kier molecular flexibility index (Phi) is 14.0. The Hall–Kier alpha value is -5.91. The Morgan fingerprint density at radius 1 is 0.963 bits per heavy atom. The van der Waals surface area contributed by atoms with E-state index in [4.69, 9.17) is 14.2 Å². The van der Waals surface area contributed by atoms with Gasteiger partial charge in [0.25, 0.3) is 5.91 Å². The summed E-state index contributed by atoms with van der Waals surface area (Å²) < 4.78 is 32.7. The molecule has 0 spiro atoms. The number of carbonyl (C=O) groups excluding carboxylic acids is 4. The minimum Gasteiger partial charge on any atom is -0.491 e. The molecule has 0 aromatic heterocycles. The smallest absolute Gasteiger partial charge is 0.255 e. The van der Waals surface area contributed by atoms with Crippen molar-refractivity contribution in [3.05, 3.63) is 120 Å². The number of halogens is 1. The van der Waals surface area contributed by atoms with Crippen LogP contribution in [0.15, 0.2) is 97.1 Å². The van der Waals surface area contributed by atoms with Crippen molar-refractivity contribution in [2.75, 3.05) is 26.3 Å². The van der Waals surface area contributed by atoms with Gasteiger partial charge in [0, 0.05) is 13.0 Å². The van der Waals surface area contributed by atoms with Crippen molar-refractivity contribution < 1.29 is 37.8 Å². The zero-order valence-corrected chi connectivity index (χ0v) is 30.8. The van der Waals surface area contributed by atoms with E-state index in [0.717, 1.165) is 24.0 Å². The molecule has 0 fully saturated rings. The van der Waals surface area contributed by atoms with Crippen molar-refractivity contribution in [3.8, 4) is 23.0 Å². The quantitative estimate of drug-likeness (QED) is 0.169. The molecule has 4 aromatic carbocycles. The molecule has 0 aliphatic carbocycles. The molecule has 284 valence electrons. The Balaban J connectivity index is 1.35. The van der Waals surface area contributed by atoms with Crippen molar-refractivity contribution in [1.29, 1.82) is 0 Å². The highest BCUT2D eigenvalue weighted by atomic mass is 19.1. The summed E-state index contributed by atoms with van der Waals surface area (Å²) in [7, 11) is 0. The SMILES string of the molecule is CCCCN1CCOc2ccccc2C(=O)N[C@H](C(=O)N[C@H](C)COc2c(F)cccc2Oc2ccc(C)cc2)CC(=O)N[C@@H](Cc2ccccc2)C1=O. The van der Waals surface area contributed by atoms with Crippen LogP contribution in [0.3, 0.4) is 0 Å². The molecule has 12 heteroatoms. The van der Waals surface area contributed by atoms with Gasteiger partial charge in [-0.1, -0.05) is 79.6 Å². The number of hydrogen-bond acceptors (Lipinski definition) is 7. The van der Waals surface area contributed by atoms with Gasteiger partial charge in [-0.05, 0) is 62.2 Å². The van der Waals surface area contributed by atoms with E-state index in [9.17, 15) is 23.6 Å². The minimum absolute atomic E-state index is 0.104. The van der Waals surface area contributed by atoms with Crippen LogP contribution in [0.2, 0.25) is 0 Å². The van der Waals surface area contributed by atoms with Crippen LogP contribution in [0.25, 0.3) is 0 Å². The summed E-state index contributed by atoms with van der Waals surface area (Å²) in [6, 6.07) is 24.5. The highest BCUT2D eigenvalue weighted by molar-refractivity contribution is 6.01. The molecule has 4 amide bonds. The number of hydrogen-bond donors (Lipinski definition) is 3. The maximum absolute atomic E-state index is 15.0. The van der Waals surface area contributed by atoms with Crippen LogP contribution >= 0.6 is 0 Å². The number of ether oxygens (including phenoxy) is 3. The lowest BCUT2D eigenvalue weighted by Crippen LogP contribution is -2.55. The lowest BCUT2D eigenvalue weighted by molar-refractivity contribution is -0.137. The molecule has 1 aliphatic heterocycles. The van der Waals surface area contributed by atoms with Crippen molar-refractivity contribution in [3.63, 3.8) is 0 Å². The first kappa shape index (κ1) is 39.3. The zero-order valence-electron chi connectivity index (χ0n) is 30.8. The highest BCUT2D eigenvalue weighted by Gasteiger charge is 2.31. The summed E-state index contributed by atoms with van der Waals surface area (Å²) in [5, 5.41) is 8.31. The van der Waals surface area contributed by atoms with E-state index < -0.39 is 48.1 Å². The van der Waals surface area contributed by atoms with Gasteiger partial charge in [0.05, 0.1) is 24.6 Å². The summed E-state index contributed by atoms with van der Waals surface area (Å²) in [6.45, 7) is 6.26. The van der Waals surface area contributed by atoms with Gasteiger partial charge in [0.1, 0.15) is 36.8 Å². The van der Waals surface area contributed by atoms with E-state index in [1.165, 1.54) is 12.1 Å². The predicted molar refractivity (Wildman–Crippen MR) is 202 cm³/mol. The van der Waals surface area contributed by atoms with Gasteiger partial charge >= 0.3 is 0 Å². The van der Waals surface area contributed by atoms with Crippen LogP contribution in [0, 0.1) is 12.7 Å². The largest absolute Gasteiger partial charge is 0.491 e. The first-order valence-corrected chi connectivity index (χ1v) is 18.2. The number of nitrogens with zero attached hydrogens (tertiary/aromatic N) is 1. The molecule has 1 heterocycles. The molecule has 1 aliphatic rings. The second-order valence-electron chi connectivity index (χ2n) is 13.3. The summed E-state index contributed by atoms with van der Waals surface area (Å²) in [5.74, 6) is -2.04. The number of rotatable bonds is 12. The normalized spacial score (nSPS) is 17.2. The van der Waals surface area contributed by atoms with Crippen molar-refractivity contribution in [1.82, 2.24) is 20.9 Å². The number of carbonyl (C=O) groups is 4. The lowest BCUT2D eigenvalue weighted by Gasteiger charge is -2.29. The van der Waals surface area contributed by atoms with Crippen molar-refractivity contribution in [2.24, 2.45) is 0 Å². The van der Waals surface area contributed by atoms with Gasteiger partial charge in [0.2, 0.25) is 17.7 Å². The monoisotopic (exact) mass is 738 g/mol. The molecule has 0 bridgehead atoms. The molecule has 0 radical (unpaired) electrons. The lowest BCUT2D eigenvalue weighted by atomic mass is 10.0. The third kappa shape index (κ3) is 11.0. The van der Waals surface area contributed by atoms with E-state index >= 15 is 0 Å². The van der Waals surface area contributed by atoms with Gasteiger partial charge in [-0.3, -0.25) is 19.2 Å². The Morgan fingerprint density at radius 3 is 2.46 bits per heavy atom. The highest BCUT2D eigenvalue weighted by Crippen LogP contribution is 2.34. The molecular weight excluding hydrogens is 691 g/mol. The summed E-state index contributed by atoms with van der Waals surface area (Å²) in [5.41, 5.74) is 2.05. The van der Waals surface area contributed by atoms with E-state index in [1.54, 1.807) is 54.3 Å². The first-order chi connectivity index (χ1) is 26.1. The molecule has 54 heavy (non-hydrogen) atoms. The number of aryl methyl sites for hydroxylation is 1. The predicted octanol–water partition coefficient (Wildman–Crippen LogP) is 5.75. The van der Waals surface area contributed by atoms with E-state index in [2.05, 4.69) is 16.0 Å². The number of nitrogens with one attached hydrogen (secondary N) is 3. The number of fused-ring (bicyclic) bond motifs is 1. The number of para-hydroxylation sites is 2. The average molecular weight is 739 g/mol. The molecule has 3 atom stereocenters. The zero-order chi connectivity index (χ0) is 38.5. The molecule has 11 nitrogen and oxygen atoms in total. The number of amides is 4. The molecule has 5 rings (SSSR count). The summed E-state index contributed by atoms with van der Waals surface area (Å²) in [6.07, 6.45) is 1.36. The summed E-state index contributed by atoms with van der Waals surface area (Å²) >= 11 is 0. The van der Waals surface area contributed by atoms with Crippen LogP contribution in [0.1, 0.15) is 54.6 Å². The van der Waals surface area contributed by atoms with Gasteiger partial charge in [-0.2, -0.15) is 0 Å². The number of benzene rings is 4. The van der Waals surface area contributed by atoms with Crippen LogP contribution in [0.5, 0.6) is 23.0 Å². The topological polar surface area (TPSA) is 135 Å². The Labute approximate surface area is 315 Å². The van der Waals surface area contributed by atoms with Crippen LogP contribution < -0.4 is 30.2 Å². The third-order valence-electron chi connectivity index (χ3n) is 8.82. The standard InChI is InChI=1S/C42H47FN4O7/c1-4-5-22-47-23-24-52-36-16-10-9-14-32(36)40(49)46-34(26-38(48)45-35(42(47)51)25-30-12-7-6-8-13-30)41(50)44-29(3)27-53-39-33(43)15-11-17-37(39)54-31-20-18-28(2)19-21-31/h6-21,29,34-35H,4-5,22-27H2,1-3H3,(H,44,50)(H,45,48)(H,46,49)/t29-,34+,35+/m1/s1. The maximum Gasteiger partial charge on any atom is 0.255 e. The fourth-order valence-corrected chi connectivity index (χ4v) is 5.92. The molecule has 0 unspecified atom stereocenters. The van der Waals surface area contributed by atoms with Crippen molar-refractivity contribution >= 4 is 23.6 Å². The fourth-order valence-electron chi connectivity index (χ4n) is 5.92. The second kappa shape index (κ2) is 19.2. The van der Waals surface area contributed by atoms with Gasteiger partial charge in [-0.15, -0.1) is 0 Å². The maximum atomic E-state index is 15.0. The Bertz CT molecular complexity index is 1890. The minimum atomic E-state index is -1.35. The summed E-state index contributed by atoms with van der Waals surface area (Å²) in [4.78, 5) is 56.9. The van der Waals surface area contributed by atoms with Crippen LogP contribution in [-0.4, -0.2) is 73.0 Å². The van der Waals surface area contributed by atoms with Gasteiger partial charge in [0.15, 0.2) is 17.3 Å². The molecule has 0 saturated carbocycles. The van der Waals surface area contributed by atoms with Crippen LogP contribution in [0.4, 0.5) is 4.39 Å². The molecule has 4 aromatic rings. The van der Waals surface area contributed by atoms with Gasteiger partial charge in [-0.25, -0.2) is 4.39 Å². The second-order valence-corrected chi connectivity index (χ2v) is 13.3. The van der Waals surface area contributed by atoms with Crippen LogP contribution in [-0.2, 0) is 20.8 Å². The molecule has 0 saturated heterocycles. The molecular formula is C42H47FN4O7. The average Bonchev–Trinajstić information content (AvgIpc) is 3.16. The fraction of sp³-hybridized carbons (Fsp3) is 0.333. The van der Waals surface area contributed by atoms with E-state index in [1.807, 2.05) is 56.3 Å². The van der Waals surface area contributed by atoms with E-state index in [-0.39, 0.29) is 54.9 Å². The van der Waals surface area contributed by atoms with E-state index in [0.29, 0.717) is 12.3 Å². The first-order valence-electron chi connectivity index (χ1n) is 18.2. The number of unbranched alkanes of at least 4 members (excludes halogenated alkanes) is 1. The van der Waals surface area contributed by atoms with Crippen molar-refractivity contribution in [2.45, 2.75) is 64.6 Å².